The molecule has 2 aliphatic heterocycles. The fourth-order valence-corrected chi connectivity index (χ4v) is 3.82. The zero-order valence-corrected chi connectivity index (χ0v) is 15.4. The summed E-state index contributed by atoms with van der Waals surface area (Å²) < 4.78 is 37.5. The highest BCUT2D eigenvalue weighted by Crippen LogP contribution is 2.38. The summed E-state index contributed by atoms with van der Waals surface area (Å²) in [6.07, 6.45) is -2.29. The van der Waals surface area contributed by atoms with Crippen LogP contribution < -0.4 is 0 Å². The lowest BCUT2D eigenvalue weighted by atomic mass is 9.87. The van der Waals surface area contributed by atoms with Crippen molar-refractivity contribution in [3.8, 4) is 0 Å². The molecule has 0 saturated carbocycles. The van der Waals surface area contributed by atoms with Crippen LogP contribution in [0.2, 0.25) is 0 Å². The molecule has 2 fully saturated rings. The van der Waals surface area contributed by atoms with Crippen LogP contribution in [0.1, 0.15) is 19.4 Å². The topological polar surface area (TPSA) is 40.2 Å². The molecule has 1 aromatic rings. The Kier molecular flexibility index (Phi) is 5.75. The third-order valence-electron chi connectivity index (χ3n) is 5.25. The SMILES string of the molecule is CO[C@H]1O[C@@H]2[C@@H]([C@@H](C)F)CN(Cc3ccccc3)C[C@H]2O[C@]1(C)OC. The van der Waals surface area contributed by atoms with Crippen molar-refractivity contribution in [3.05, 3.63) is 35.9 Å². The maximum atomic E-state index is 14.3. The number of methoxy groups -OCH3 is 2. The highest BCUT2D eigenvalue weighted by atomic mass is 19.1. The zero-order chi connectivity index (χ0) is 18.0. The molecule has 0 amide bonds. The molecule has 25 heavy (non-hydrogen) atoms. The van der Waals surface area contributed by atoms with Gasteiger partial charge in [-0.05, 0) is 19.4 Å². The van der Waals surface area contributed by atoms with Crippen molar-refractivity contribution >= 4 is 0 Å². The van der Waals surface area contributed by atoms with Gasteiger partial charge < -0.3 is 18.9 Å². The second-order valence-electron chi connectivity index (χ2n) is 7.07. The van der Waals surface area contributed by atoms with Crippen molar-refractivity contribution in [1.82, 2.24) is 4.90 Å². The van der Waals surface area contributed by atoms with E-state index in [1.807, 2.05) is 18.2 Å². The first kappa shape index (κ1) is 18.7. The van der Waals surface area contributed by atoms with Crippen LogP contribution in [0, 0.1) is 5.92 Å². The second-order valence-corrected chi connectivity index (χ2v) is 7.07. The van der Waals surface area contributed by atoms with Gasteiger partial charge in [0, 0.05) is 39.8 Å². The number of hydrogen-bond donors (Lipinski definition) is 0. The molecule has 3 rings (SSSR count). The van der Waals surface area contributed by atoms with E-state index in [-0.39, 0.29) is 18.1 Å². The number of hydrogen-bond acceptors (Lipinski definition) is 5. The Morgan fingerprint density at radius 2 is 2.00 bits per heavy atom. The summed E-state index contributed by atoms with van der Waals surface area (Å²) in [6, 6.07) is 10.2. The molecular formula is C19H28FNO4. The predicted molar refractivity (Wildman–Crippen MR) is 91.7 cm³/mol. The third kappa shape index (κ3) is 3.88. The van der Waals surface area contributed by atoms with E-state index >= 15 is 0 Å². The normalized spacial score (nSPS) is 37.5. The lowest BCUT2D eigenvalue weighted by molar-refractivity contribution is -0.413. The van der Waals surface area contributed by atoms with Crippen molar-refractivity contribution < 1.29 is 23.3 Å². The molecule has 0 aliphatic carbocycles. The third-order valence-corrected chi connectivity index (χ3v) is 5.25. The molecule has 5 nitrogen and oxygen atoms in total. The van der Waals surface area contributed by atoms with E-state index in [0.717, 1.165) is 6.54 Å². The predicted octanol–water partition coefficient (Wildman–Crippen LogP) is 2.60. The van der Waals surface area contributed by atoms with E-state index in [4.69, 9.17) is 18.9 Å². The Bertz CT molecular complexity index is 558. The van der Waals surface area contributed by atoms with Gasteiger partial charge >= 0.3 is 0 Å². The van der Waals surface area contributed by atoms with Gasteiger partial charge in [-0.3, -0.25) is 4.90 Å². The van der Waals surface area contributed by atoms with E-state index in [1.165, 1.54) is 5.56 Å². The van der Waals surface area contributed by atoms with Crippen molar-refractivity contribution in [1.29, 1.82) is 0 Å². The lowest BCUT2D eigenvalue weighted by Crippen LogP contribution is -2.66. The Labute approximate surface area is 149 Å². The number of ether oxygens (including phenoxy) is 4. The molecule has 140 valence electrons. The monoisotopic (exact) mass is 353 g/mol. The molecule has 0 N–H and O–H groups in total. The van der Waals surface area contributed by atoms with E-state index in [2.05, 4.69) is 17.0 Å². The number of alkyl halides is 1. The molecule has 0 aromatic heterocycles. The summed E-state index contributed by atoms with van der Waals surface area (Å²) in [4.78, 5) is 2.23. The molecule has 0 spiro atoms. The molecule has 6 atom stereocenters. The number of fused-ring (bicyclic) bond motifs is 1. The van der Waals surface area contributed by atoms with Gasteiger partial charge in [-0.1, -0.05) is 30.3 Å². The van der Waals surface area contributed by atoms with Crippen LogP contribution in [0.15, 0.2) is 30.3 Å². The molecular weight excluding hydrogens is 325 g/mol. The number of benzene rings is 1. The molecule has 2 heterocycles. The number of nitrogens with zero attached hydrogens (tertiary/aromatic N) is 1. The van der Waals surface area contributed by atoms with Crippen LogP contribution in [-0.2, 0) is 25.5 Å². The van der Waals surface area contributed by atoms with E-state index in [1.54, 1.807) is 28.1 Å². The summed E-state index contributed by atoms with van der Waals surface area (Å²) in [5.41, 5.74) is 1.20. The van der Waals surface area contributed by atoms with Crippen molar-refractivity contribution in [2.24, 2.45) is 5.92 Å². The quantitative estimate of drug-likeness (QED) is 0.814. The molecule has 6 heteroatoms. The van der Waals surface area contributed by atoms with Gasteiger partial charge in [-0.25, -0.2) is 4.39 Å². The van der Waals surface area contributed by atoms with Crippen LogP contribution in [-0.4, -0.2) is 62.7 Å². The molecule has 0 bridgehead atoms. The number of halogens is 1. The average Bonchev–Trinajstić information content (AvgIpc) is 2.61. The highest BCUT2D eigenvalue weighted by Gasteiger charge is 2.53. The standard InChI is InChI=1S/C19H28FNO4/c1-13(20)15-11-21(10-14-8-6-5-7-9-14)12-16-17(15)24-18(22-3)19(2,23-4)25-16/h5-9,13,15-18H,10-12H2,1-4H3/t13-,15-,16-,17-,18+,19+/m1/s1. The molecule has 2 aliphatic rings. The van der Waals surface area contributed by atoms with Crippen molar-refractivity contribution in [3.63, 3.8) is 0 Å². The van der Waals surface area contributed by atoms with Crippen LogP contribution in [0.4, 0.5) is 4.39 Å². The Hall–Kier alpha value is -1.05. The number of rotatable bonds is 5. The average molecular weight is 353 g/mol. The fourth-order valence-electron chi connectivity index (χ4n) is 3.82. The van der Waals surface area contributed by atoms with Crippen LogP contribution >= 0.6 is 0 Å². The van der Waals surface area contributed by atoms with Crippen LogP contribution in [0.25, 0.3) is 0 Å². The largest absolute Gasteiger partial charge is 0.351 e. The summed E-state index contributed by atoms with van der Waals surface area (Å²) in [6.45, 7) is 5.42. The van der Waals surface area contributed by atoms with Gasteiger partial charge in [0.1, 0.15) is 12.3 Å². The first-order valence-electron chi connectivity index (χ1n) is 8.78. The fraction of sp³-hybridized carbons (Fsp3) is 0.684. The van der Waals surface area contributed by atoms with Gasteiger partial charge in [0.2, 0.25) is 12.1 Å². The van der Waals surface area contributed by atoms with Gasteiger partial charge in [0.05, 0.1) is 6.10 Å². The van der Waals surface area contributed by atoms with E-state index in [9.17, 15) is 4.39 Å². The van der Waals surface area contributed by atoms with E-state index in [0.29, 0.717) is 13.1 Å². The Morgan fingerprint density at radius 1 is 1.28 bits per heavy atom. The zero-order valence-electron chi connectivity index (χ0n) is 15.4. The minimum absolute atomic E-state index is 0.267. The number of likely N-dealkylation sites (tertiary alicyclic amines) is 1. The molecule has 0 radical (unpaired) electrons. The van der Waals surface area contributed by atoms with Gasteiger partial charge in [-0.2, -0.15) is 0 Å². The maximum Gasteiger partial charge on any atom is 0.217 e. The Balaban J connectivity index is 1.78. The minimum atomic E-state index is -1.00. The van der Waals surface area contributed by atoms with Crippen LogP contribution in [0.3, 0.4) is 0 Å². The highest BCUT2D eigenvalue weighted by molar-refractivity contribution is 5.15. The summed E-state index contributed by atoms with van der Waals surface area (Å²) in [5.74, 6) is -1.28. The van der Waals surface area contributed by atoms with Crippen molar-refractivity contribution in [2.45, 2.75) is 50.8 Å². The first-order valence-corrected chi connectivity index (χ1v) is 8.78. The first-order chi connectivity index (χ1) is 12.0. The molecule has 2 saturated heterocycles. The lowest BCUT2D eigenvalue weighted by Gasteiger charge is -2.52. The minimum Gasteiger partial charge on any atom is -0.351 e. The molecule has 0 unspecified atom stereocenters. The van der Waals surface area contributed by atoms with E-state index < -0.39 is 18.2 Å². The van der Waals surface area contributed by atoms with Crippen molar-refractivity contribution in [2.75, 3.05) is 27.3 Å². The van der Waals surface area contributed by atoms with Gasteiger partial charge in [-0.15, -0.1) is 0 Å². The maximum absolute atomic E-state index is 14.3. The molecule has 1 aromatic carbocycles. The summed E-state index contributed by atoms with van der Waals surface area (Å²) in [7, 11) is 3.11. The van der Waals surface area contributed by atoms with Gasteiger partial charge in [0.25, 0.3) is 0 Å². The Morgan fingerprint density at radius 3 is 2.60 bits per heavy atom. The van der Waals surface area contributed by atoms with Gasteiger partial charge in [0.15, 0.2) is 0 Å². The summed E-state index contributed by atoms with van der Waals surface area (Å²) >= 11 is 0. The number of piperidine rings is 1. The second kappa shape index (κ2) is 7.68. The summed E-state index contributed by atoms with van der Waals surface area (Å²) in [5, 5.41) is 0. The smallest absolute Gasteiger partial charge is 0.217 e. The van der Waals surface area contributed by atoms with Crippen LogP contribution in [0.5, 0.6) is 0 Å².